The number of amides is 3. The maximum absolute atomic E-state index is 13.3. The van der Waals surface area contributed by atoms with Crippen molar-refractivity contribution in [2.24, 2.45) is 0 Å². The molecule has 0 fully saturated rings. The highest BCUT2D eigenvalue weighted by Crippen LogP contribution is 2.39. The molecule has 1 unspecified atom stereocenters. The molecule has 2 atom stereocenters. The van der Waals surface area contributed by atoms with Crippen LogP contribution in [0.3, 0.4) is 0 Å². The first-order valence-electron chi connectivity index (χ1n) is 10.7. The number of nitrogens with zero attached hydrogens (tertiary/aromatic N) is 1. The molecule has 0 radical (unpaired) electrons. The molecular weight excluding hydrogens is 418 g/mol. The van der Waals surface area contributed by atoms with Crippen LogP contribution in [0.1, 0.15) is 24.1 Å². The quantitative estimate of drug-likeness (QED) is 0.624. The molecule has 7 heteroatoms. The first-order chi connectivity index (χ1) is 15.9. The number of likely N-dealkylation sites (N-methyl/N-ethyl adjacent to an activating group) is 1. The van der Waals surface area contributed by atoms with Crippen LogP contribution in [0.4, 0.5) is 16.2 Å². The van der Waals surface area contributed by atoms with Gasteiger partial charge in [-0.25, -0.2) is 4.79 Å². The van der Waals surface area contributed by atoms with Crippen molar-refractivity contribution in [3.8, 4) is 11.1 Å². The molecular formula is C26H25N3O4. The molecule has 3 amide bonds. The second kappa shape index (κ2) is 9.16. The van der Waals surface area contributed by atoms with Gasteiger partial charge < -0.3 is 15.0 Å². The second-order valence-electron chi connectivity index (χ2n) is 7.93. The molecule has 0 spiro atoms. The zero-order chi connectivity index (χ0) is 23.5. The van der Waals surface area contributed by atoms with Crippen molar-refractivity contribution in [1.82, 2.24) is 5.32 Å². The average Bonchev–Trinajstić information content (AvgIpc) is 2.90. The Balaban J connectivity index is 1.53. The van der Waals surface area contributed by atoms with Gasteiger partial charge in [0.25, 0.3) is 11.8 Å². The van der Waals surface area contributed by atoms with Crippen molar-refractivity contribution in [2.45, 2.75) is 26.0 Å². The molecule has 0 aliphatic carbocycles. The van der Waals surface area contributed by atoms with Crippen LogP contribution in [-0.4, -0.2) is 31.1 Å². The largest absolute Gasteiger partial charge is 0.436 e. The number of para-hydroxylation sites is 2. The summed E-state index contributed by atoms with van der Waals surface area (Å²) in [4.78, 5) is 40.1. The van der Waals surface area contributed by atoms with E-state index in [4.69, 9.17) is 4.74 Å². The first-order valence-corrected chi connectivity index (χ1v) is 10.7. The molecule has 0 saturated heterocycles. The van der Waals surface area contributed by atoms with Gasteiger partial charge in [0.15, 0.2) is 6.10 Å². The molecule has 33 heavy (non-hydrogen) atoms. The molecule has 2 N–H and O–H groups in total. The van der Waals surface area contributed by atoms with Crippen LogP contribution < -0.4 is 15.5 Å². The fourth-order valence-corrected chi connectivity index (χ4v) is 3.90. The average molecular weight is 444 g/mol. The van der Waals surface area contributed by atoms with Gasteiger partial charge in [0.2, 0.25) is 0 Å². The maximum atomic E-state index is 13.3. The number of fused-ring (bicyclic) bond motifs is 3. The van der Waals surface area contributed by atoms with Gasteiger partial charge in [-0.2, -0.15) is 0 Å². The van der Waals surface area contributed by atoms with Gasteiger partial charge in [-0.15, -0.1) is 0 Å². The van der Waals surface area contributed by atoms with Gasteiger partial charge in [-0.1, -0.05) is 60.7 Å². The molecule has 168 valence electrons. The van der Waals surface area contributed by atoms with Crippen molar-refractivity contribution < 1.29 is 19.1 Å². The number of hydrogen-bond acceptors (Lipinski definition) is 4. The molecule has 0 saturated carbocycles. The van der Waals surface area contributed by atoms with Crippen molar-refractivity contribution >= 4 is 29.3 Å². The highest BCUT2D eigenvalue weighted by Gasteiger charge is 2.34. The second-order valence-corrected chi connectivity index (χ2v) is 7.93. The summed E-state index contributed by atoms with van der Waals surface area (Å²) in [6.07, 6.45) is -1.85. The Morgan fingerprint density at radius 3 is 2.33 bits per heavy atom. The highest BCUT2D eigenvalue weighted by molar-refractivity contribution is 6.06. The van der Waals surface area contributed by atoms with Gasteiger partial charge in [0, 0.05) is 18.3 Å². The van der Waals surface area contributed by atoms with Crippen LogP contribution in [0, 0.1) is 6.92 Å². The lowest BCUT2D eigenvalue weighted by atomic mass is 9.95. The Morgan fingerprint density at radius 1 is 0.939 bits per heavy atom. The van der Waals surface area contributed by atoms with E-state index < -0.39 is 24.1 Å². The molecule has 1 heterocycles. The van der Waals surface area contributed by atoms with Crippen LogP contribution >= 0.6 is 0 Å². The number of carbonyl (C=O) groups is 3. The van der Waals surface area contributed by atoms with E-state index in [1.807, 2.05) is 67.6 Å². The van der Waals surface area contributed by atoms with E-state index in [1.54, 1.807) is 19.2 Å². The van der Waals surface area contributed by atoms with Crippen LogP contribution in [0.15, 0.2) is 72.8 Å². The third kappa shape index (κ3) is 4.43. The predicted molar refractivity (Wildman–Crippen MR) is 127 cm³/mol. The smallest absolute Gasteiger partial charge is 0.412 e. The fraction of sp³-hybridized carbons (Fsp3) is 0.192. The van der Waals surface area contributed by atoms with Gasteiger partial charge in [0.1, 0.15) is 6.04 Å². The minimum absolute atomic E-state index is 0.280. The van der Waals surface area contributed by atoms with Gasteiger partial charge in [-0.3, -0.25) is 14.9 Å². The number of nitrogens with one attached hydrogen (secondary N) is 2. The summed E-state index contributed by atoms with van der Waals surface area (Å²) < 4.78 is 5.27. The predicted octanol–water partition coefficient (Wildman–Crippen LogP) is 4.43. The van der Waals surface area contributed by atoms with E-state index in [-0.39, 0.29) is 5.91 Å². The Morgan fingerprint density at radius 2 is 1.58 bits per heavy atom. The van der Waals surface area contributed by atoms with E-state index in [1.165, 1.54) is 11.8 Å². The SMILES string of the molecule is Cc1ccccc1NC(=O)O[C@@H](C)C(=O)NC1C(=O)N(C)c2ccccc2-c2ccccc21. The molecule has 1 aliphatic heterocycles. The number of ether oxygens (including phenoxy) is 1. The molecule has 3 aromatic carbocycles. The highest BCUT2D eigenvalue weighted by atomic mass is 16.6. The number of benzene rings is 3. The zero-order valence-electron chi connectivity index (χ0n) is 18.7. The van der Waals surface area contributed by atoms with E-state index in [9.17, 15) is 14.4 Å². The minimum Gasteiger partial charge on any atom is -0.436 e. The van der Waals surface area contributed by atoms with E-state index in [2.05, 4.69) is 10.6 Å². The van der Waals surface area contributed by atoms with E-state index >= 15 is 0 Å². The standard InChI is InChI=1S/C26H25N3O4/c1-16-10-4-8-14-21(16)27-26(32)33-17(2)24(30)28-23-20-13-6-5-11-18(20)19-12-7-9-15-22(19)29(3)25(23)31/h4-15,17,23H,1-3H3,(H,27,32)(H,28,30)/t17-,23?/m0/s1. The third-order valence-electron chi connectivity index (χ3n) is 5.73. The summed E-state index contributed by atoms with van der Waals surface area (Å²) in [6, 6.07) is 21.4. The van der Waals surface area contributed by atoms with Gasteiger partial charge >= 0.3 is 6.09 Å². The van der Waals surface area contributed by atoms with Gasteiger partial charge in [0.05, 0.1) is 5.69 Å². The molecule has 0 bridgehead atoms. The van der Waals surface area contributed by atoms with Crippen LogP contribution in [-0.2, 0) is 14.3 Å². The van der Waals surface area contributed by atoms with Crippen LogP contribution in [0.25, 0.3) is 11.1 Å². The van der Waals surface area contributed by atoms with Crippen molar-refractivity contribution in [2.75, 3.05) is 17.3 Å². The van der Waals surface area contributed by atoms with Crippen LogP contribution in [0.2, 0.25) is 0 Å². The first kappa shape index (κ1) is 22.1. The normalized spacial score (nSPS) is 15.5. The summed E-state index contributed by atoms with van der Waals surface area (Å²) in [5, 5.41) is 5.41. The molecule has 0 aromatic heterocycles. The van der Waals surface area contributed by atoms with Crippen molar-refractivity contribution in [1.29, 1.82) is 0 Å². The zero-order valence-corrected chi connectivity index (χ0v) is 18.7. The number of rotatable bonds is 4. The van der Waals surface area contributed by atoms with Gasteiger partial charge in [-0.05, 0) is 42.7 Å². The summed E-state index contributed by atoms with van der Waals surface area (Å²) in [6.45, 7) is 3.33. The number of hydrogen-bond donors (Lipinski definition) is 2. The Labute approximate surface area is 192 Å². The minimum atomic E-state index is -1.11. The topological polar surface area (TPSA) is 87.7 Å². The fourth-order valence-electron chi connectivity index (χ4n) is 3.90. The summed E-state index contributed by atoms with van der Waals surface area (Å²) in [5.41, 5.74) is 4.68. The maximum Gasteiger partial charge on any atom is 0.412 e. The Bertz CT molecular complexity index is 1220. The lowest BCUT2D eigenvalue weighted by molar-refractivity contribution is -0.132. The molecule has 1 aliphatic rings. The monoisotopic (exact) mass is 443 g/mol. The van der Waals surface area contributed by atoms with Crippen LogP contribution in [0.5, 0.6) is 0 Å². The van der Waals surface area contributed by atoms with Crippen molar-refractivity contribution in [3.05, 3.63) is 83.9 Å². The Kier molecular flexibility index (Phi) is 6.13. The Hall–Kier alpha value is -4.13. The van der Waals surface area contributed by atoms with E-state index in [0.29, 0.717) is 11.3 Å². The number of carbonyl (C=O) groups excluding carboxylic acids is 3. The van der Waals surface area contributed by atoms with E-state index in [0.717, 1.165) is 22.4 Å². The van der Waals surface area contributed by atoms with Crippen molar-refractivity contribution in [3.63, 3.8) is 0 Å². The number of aryl methyl sites for hydroxylation is 1. The molecule has 4 rings (SSSR count). The summed E-state index contributed by atoms with van der Waals surface area (Å²) in [5.74, 6) is -0.847. The summed E-state index contributed by atoms with van der Waals surface area (Å²) in [7, 11) is 1.68. The molecule has 3 aromatic rings. The lowest BCUT2D eigenvalue weighted by Gasteiger charge is -2.24. The lowest BCUT2D eigenvalue weighted by Crippen LogP contribution is -2.45. The molecule has 7 nitrogen and oxygen atoms in total. The summed E-state index contributed by atoms with van der Waals surface area (Å²) >= 11 is 0. The number of anilines is 2. The third-order valence-corrected chi connectivity index (χ3v) is 5.73.